The molecule has 106 valence electrons. The zero-order valence-corrected chi connectivity index (χ0v) is 11.5. The Morgan fingerprint density at radius 3 is 2.62 bits per heavy atom. The molecule has 0 unspecified atom stereocenters. The van der Waals surface area contributed by atoms with Crippen LogP contribution < -0.4 is 5.73 Å². The minimum absolute atomic E-state index is 0.259. The molecule has 0 aliphatic carbocycles. The predicted octanol–water partition coefficient (Wildman–Crippen LogP) is 3.36. The lowest BCUT2D eigenvalue weighted by molar-refractivity contribution is 0.423. The molecule has 0 saturated heterocycles. The molecule has 3 aromatic rings. The van der Waals surface area contributed by atoms with Gasteiger partial charge < -0.3 is 10.3 Å². The average Bonchev–Trinajstić information content (AvgIpc) is 2.90. The molecule has 0 bridgehead atoms. The highest BCUT2D eigenvalue weighted by atomic mass is 19.1. The fourth-order valence-corrected chi connectivity index (χ4v) is 2.15. The van der Waals surface area contributed by atoms with Crippen LogP contribution in [0.2, 0.25) is 0 Å². The van der Waals surface area contributed by atoms with Gasteiger partial charge in [-0.25, -0.2) is 4.39 Å². The smallest absolute Gasteiger partial charge is 0.258 e. The van der Waals surface area contributed by atoms with E-state index in [2.05, 4.69) is 10.1 Å². The molecule has 0 radical (unpaired) electrons. The average molecular weight is 283 g/mol. The van der Waals surface area contributed by atoms with Crippen molar-refractivity contribution in [2.45, 2.75) is 13.3 Å². The van der Waals surface area contributed by atoms with E-state index in [1.54, 1.807) is 18.2 Å². The zero-order valence-electron chi connectivity index (χ0n) is 11.5. The molecule has 5 heteroatoms. The van der Waals surface area contributed by atoms with Crippen molar-refractivity contribution in [1.82, 2.24) is 10.1 Å². The third-order valence-electron chi connectivity index (χ3n) is 3.22. The molecule has 2 aromatic carbocycles. The highest BCUT2D eigenvalue weighted by molar-refractivity contribution is 5.62. The fraction of sp³-hybridized carbons (Fsp3) is 0.125. The van der Waals surface area contributed by atoms with E-state index in [1.807, 2.05) is 19.1 Å². The molecule has 4 nitrogen and oxygen atoms in total. The summed E-state index contributed by atoms with van der Waals surface area (Å²) in [5.41, 5.74) is 9.19. The normalized spacial score (nSPS) is 10.8. The van der Waals surface area contributed by atoms with Crippen LogP contribution in [-0.2, 0) is 6.42 Å². The maximum Gasteiger partial charge on any atom is 0.258 e. The van der Waals surface area contributed by atoms with Gasteiger partial charge in [0.2, 0.25) is 0 Å². The molecule has 21 heavy (non-hydrogen) atoms. The maximum atomic E-state index is 12.9. The minimum Gasteiger partial charge on any atom is -0.399 e. The highest BCUT2D eigenvalue weighted by Gasteiger charge is 2.11. The second-order valence-corrected chi connectivity index (χ2v) is 4.89. The van der Waals surface area contributed by atoms with Gasteiger partial charge in [0.25, 0.3) is 5.89 Å². The van der Waals surface area contributed by atoms with Crippen molar-refractivity contribution >= 4 is 5.69 Å². The van der Waals surface area contributed by atoms with Gasteiger partial charge in [-0.1, -0.05) is 17.3 Å². The molecule has 0 aliphatic rings. The number of aryl methyl sites for hydroxylation is 1. The molecule has 1 heterocycles. The van der Waals surface area contributed by atoms with Crippen LogP contribution in [0.4, 0.5) is 10.1 Å². The van der Waals surface area contributed by atoms with Crippen LogP contribution in [0.5, 0.6) is 0 Å². The molecule has 0 fully saturated rings. The lowest BCUT2D eigenvalue weighted by atomic mass is 10.1. The first-order chi connectivity index (χ1) is 10.1. The van der Waals surface area contributed by atoms with Crippen molar-refractivity contribution in [2.24, 2.45) is 0 Å². The number of hydrogen-bond acceptors (Lipinski definition) is 4. The van der Waals surface area contributed by atoms with Crippen molar-refractivity contribution in [3.05, 3.63) is 65.2 Å². The molecule has 0 amide bonds. The largest absolute Gasteiger partial charge is 0.399 e. The third kappa shape index (κ3) is 2.91. The van der Waals surface area contributed by atoms with Crippen molar-refractivity contribution < 1.29 is 8.91 Å². The summed E-state index contributed by atoms with van der Waals surface area (Å²) in [6.45, 7) is 1.94. The van der Waals surface area contributed by atoms with Gasteiger partial charge in [-0.15, -0.1) is 0 Å². The Hall–Kier alpha value is -2.69. The molecule has 3 rings (SSSR count). The number of benzene rings is 2. The van der Waals surface area contributed by atoms with Crippen molar-refractivity contribution in [3.63, 3.8) is 0 Å². The van der Waals surface area contributed by atoms with E-state index in [9.17, 15) is 4.39 Å². The minimum atomic E-state index is -0.259. The Kier molecular flexibility index (Phi) is 3.39. The van der Waals surface area contributed by atoms with Crippen LogP contribution in [-0.4, -0.2) is 10.1 Å². The topological polar surface area (TPSA) is 64.9 Å². The van der Waals surface area contributed by atoms with Crippen molar-refractivity contribution in [2.75, 3.05) is 5.73 Å². The Morgan fingerprint density at radius 1 is 1.14 bits per heavy atom. The second kappa shape index (κ2) is 5.36. The Balaban J connectivity index is 1.84. The van der Waals surface area contributed by atoms with E-state index in [1.165, 1.54) is 12.1 Å². The first kappa shape index (κ1) is 13.3. The van der Waals surface area contributed by atoms with Gasteiger partial charge in [0.15, 0.2) is 5.82 Å². The fourth-order valence-electron chi connectivity index (χ4n) is 2.15. The van der Waals surface area contributed by atoms with E-state index in [-0.39, 0.29) is 5.82 Å². The number of rotatable bonds is 3. The van der Waals surface area contributed by atoms with Gasteiger partial charge in [-0.05, 0) is 48.4 Å². The van der Waals surface area contributed by atoms with Crippen LogP contribution in [0.15, 0.2) is 47.0 Å². The first-order valence-electron chi connectivity index (χ1n) is 6.55. The number of aromatic nitrogens is 2. The summed E-state index contributed by atoms with van der Waals surface area (Å²) in [6.07, 6.45) is 0.498. The van der Waals surface area contributed by atoms with Gasteiger partial charge in [0.1, 0.15) is 5.82 Å². The molecule has 0 spiro atoms. The number of nitrogens with two attached hydrogens (primary N) is 1. The number of hydrogen-bond donors (Lipinski definition) is 1. The van der Waals surface area contributed by atoms with E-state index in [0.717, 1.165) is 16.7 Å². The summed E-state index contributed by atoms with van der Waals surface area (Å²) < 4.78 is 18.2. The van der Waals surface area contributed by atoms with Gasteiger partial charge in [-0.3, -0.25) is 0 Å². The number of nitrogens with zero attached hydrogens (tertiary/aromatic N) is 2. The van der Waals surface area contributed by atoms with E-state index >= 15 is 0 Å². The standard InChI is InChI=1S/C16H14FN3O/c1-10-8-13(18)6-7-14(10)16-19-15(20-21-16)9-11-2-4-12(17)5-3-11/h2-8H,9,18H2,1H3. The van der Waals surface area contributed by atoms with Gasteiger partial charge >= 0.3 is 0 Å². The number of anilines is 1. The maximum absolute atomic E-state index is 12.9. The zero-order chi connectivity index (χ0) is 14.8. The summed E-state index contributed by atoms with van der Waals surface area (Å²) >= 11 is 0. The Bertz CT molecular complexity index is 765. The van der Waals surface area contributed by atoms with Crippen LogP contribution in [0.3, 0.4) is 0 Å². The molecular formula is C16H14FN3O. The quantitative estimate of drug-likeness (QED) is 0.748. The molecule has 0 saturated carbocycles. The summed E-state index contributed by atoms with van der Waals surface area (Å²) in [4.78, 5) is 4.38. The number of halogens is 1. The van der Waals surface area contributed by atoms with E-state index in [0.29, 0.717) is 23.8 Å². The highest BCUT2D eigenvalue weighted by Crippen LogP contribution is 2.23. The summed E-state index contributed by atoms with van der Waals surface area (Å²) in [7, 11) is 0. The predicted molar refractivity (Wildman–Crippen MR) is 78.1 cm³/mol. The Labute approximate surface area is 121 Å². The lowest BCUT2D eigenvalue weighted by Crippen LogP contribution is -1.92. The third-order valence-corrected chi connectivity index (χ3v) is 3.22. The van der Waals surface area contributed by atoms with Gasteiger partial charge in [-0.2, -0.15) is 4.98 Å². The molecule has 1 aromatic heterocycles. The monoisotopic (exact) mass is 283 g/mol. The van der Waals surface area contributed by atoms with E-state index in [4.69, 9.17) is 10.3 Å². The lowest BCUT2D eigenvalue weighted by Gasteiger charge is -2.01. The summed E-state index contributed by atoms with van der Waals surface area (Å²) in [5, 5.41) is 3.96. The van der Waals surface area contributed by atoms with Crippen molar-refractivity contribution in [1.29, 1.82) is 0 Å². The van der Waals surface area contributed by atoms with E-state index < -0.39 is 0 Å². The SMILES string of the molecule is Cc1cc(N)ccc1-c1nc(Cc2ccc(F)cc2)no1. The van der Waals surface area contributed by atoms with Crippen LogP contribution >= 0.6 is 0 Å². The molecule has 0 aliphatic heterocycles. The van der Waals surface area contributed by atoms with Crippen LogP contribution in [0.25, 0.3) is 11.5 Å². The van der Waals surface area contributed by atoms with Crippen LogP contribution in [0, 0.1) is 12.7 Å². The summed E-state index contributed by atoms with van der Waals surface area (Å²) in [5.74, 6) is 0.766. The molecule has 0 atom stereocenters. The molecule has 2 N–H and O–H groups in total. The second-order valence-electron chi connectivity index (χ2n) is 4.89. The first-order valence-corrected chi connectivity index (χ1v) is 6.55. The van der Waals surface area contributed by atoms with Gasteiger partial charge in [0, 0.05) is 17.7 Å². The van der Waals surface area contributed by atoms with Gasteiger partial charge in [0.05, 0.1) is 0 Å². The molecular weight excluding hydrogens is 269 g/mol. The summed E-state index contributed by atoms with van der Waals surface area (Å²) in [6, 6.07) is 11.8. The van der Waals surface area contributed by atoms with Crippen molar-refractivity contribution in [3.8, 4) is 11.5 Å². The Morgan fingerprint density at radius 2 is 1.90 bits per heavy atom. The van der Waals surface area contributed by atoms with Crippen LogP contribution in [0.1, 0.15) is 17.0 Å². The number of nitrogen functional groups attached to an aromatic ring is 1.